The molecule has 1 N–H and O–H groups in total. The largest absolute Gasteiger partial charge is 0.471 e. The molecule has 0 saturated carbocycles. The van der Waals surface area contributed by atoms with Gasteiger partial charge >= 0.3 is 0 Å². The minimum absolute atomic E-state index is 0.0857. The molecule has 0 saturated heterocycles. The number of rotatable bonds is 5. The van der Waals surface area contributed by atoms with Gasteiger partial charge in [0, 0.05) is 12.7 Å². The Morgan fingerprint density at radius 2 is 2.35 bits per heavy atom. The quantitative estimate of drug-likeness (QED) is 0.881. The van der Waals surface area contributed by atoms with Gasteiger partial charge in [-0.1, -0.05) is 6.92 Å². The lowest BCUT2D eigenvalue weighted by molar-refractivity contribution is 0.557. The van der Waals surface area contributed by atoms with E-state index >= 15 is 0 Å². The van der Waals surface area contributed by atoms with Crippen LogP contribution in [0.3, 0.4) is 0 Å². The molecule has 0 aromatic carbocycles. The highest BCUT2D eigenvalue weighted by atomic mass is 32.2. The van der Waals surface area contributed by atoms with E-state index in [-0.39, 0.29) is 4.90 Å². The van der Waals surface area contributed by atoms with Crippen molar-refractivity contribution in [2.75, 3.05) is 4.72 Å². The summed E-state index contributed by atoms with van der Waals surface area (Å²) in [6.45, 7) is 2.84. The van der Waals surface area contributed by atoms with Gasteiger partial charge in [0.05, 0.1) is 12.6 Å². The minimum atomic E-state index is -3.59. The first kappa shape index (κ1) is 11.7. The van der Waals surface area contributed by atoms with Crippen LogP contribution < -0.4 is 4.72 Å². The first-order chi connectivity index (χ1) is 8.12. The van der Waals surface area contributed by atoms with E-state index in [2.05, 4.69) is 9.71 Å². The van der Waals surface area contributed by atoms with Crippen LogP contribution in [0, 0.1) is 0 Å². The van der Waals surface area contributed by atoms with Crippen molar-refractivity contribution in [1.29, 1.82) is 0 Å². The minimum Gasteiger partial charge on any atom is -0.471 e. The Kier molecular flexibility index (Phi) is 3.19. The lowest BCUT2D eigenvalue weighted by Crippen LogP contribution is -2.12. The Bertz CT molecular complexity index is 572. The molecule has 0 unspecified atom stereocenters. The first-order valence-electron chi connectivity index (χ1n) is 5.18. The lowest BCUT2D eigenvalue weighted by Gasteiger charge is -2.01. The van der Waals surface area contributed by atoms with Gasteiger partial charge in [0.2, 0.25) is 0 Å². The summed E-state index contributed by atoms with van der Waals surface area (Å²) in [5.41, 5.74) is 0. The predicted molar refractivity (Wildman–Crippen MR) is 62.0 cm³/mol. The van der Waals surface area contributed by atoms with Gasteiger partial charge in [-0.15, -0.1) is 0 Å². The number of nitrogens with one attached hydrogen (secondary N) is 1. The molecule has 0 fully saturated rings. The van der Waals surface area contributed by atoms with Crippen molar-refractivity contribution in [2.24, 2.45) is 0 Å². The summed E-state index contributed by atoms with van der Waals surface area (Å²) >= 11 is 0. The normalized spacial score (nSPS) is 11.6. The zero-order valence-electron chi connectivity index (χ0n) is 9.33. The van der Waals surface area contributed by atoms with Gasteiger partial charge in [-0.25, -0.2) is 13.4 Å². The summed E-state index contributed by atoms with van der Waals surface area (Å²) in [6.07, 6.45) is 6.69. The number of anilines is 1. The molecule has 2 aromatic rings. The van der Waals surface area contributed by atoms with E-state index in [4.69, 9.17) is 4.42 Å². The highest BCUT2D eigenvalue weighted by Gasteiger charge is 2.16. The number of sulfonamides is 1. The maximum atomic E-state index is 11.8. The Balaban J connectivity index is 2.15. The number of aromatic nitrogens is 2. The van der Waals surface area contributed by atoms with Crippen molar-refractivity contribution in [2.45, 2.75) is 24.8 Å². The molecule has 0 spiro atoms. The third-order valence-electron chi connectivity index (χ3n) is 2.16. The molecule has 0 bridgehead atoms. The Morgan fingerprint density at radius 3 is 3.00 bits per heavy atom. The smallest absolute Gasteiger partial charge is 0.266 e. The molecule has 0 aliphatic rings. The summed E-state index contributed by atoms with van der Waals surface area (Å²) < 4.78 is 32.6. The van der Waals surface area contributed by atoms with Crippen LogP contribution in [0.5, 0.6) is 0 Å². The Labute approximate surface area is 99.3 Å². The molecule has 2 rings (SSSR count). The van der Waals surface area contributed by atoms with Gasteiger partial charge in [-0.05, 0) is 12.5 Å². The number of furan rings is 1. The van der Waals surface area contributed by atoms with Crippen molar-refractivity contribution >= 4 is 15.8 Å². The molecule has 0 aliphatic heterocycles. The number of nitrogens with zero attached hydrogens (tertiary/aromatic N) is 2. The number of hydrogen-bond donors (Lipinski definition) is 1. The van der Waals surface area contributed by atoms with Crippen LogP contribution in [-0.2, 0) is 16.6 Å². The zero-order chi connectivity index (χ0) is 12.3. The molecule has 92 valence electrons. The van der Waals surface area contributed by atoms with Crippen molar-refractivity contribution < 1.29 is 12.8 Å². The molecule has 0 radical (unpaired) electrons. The van der Waals surface area contributed by atoms with Crippen LogP contribution in [0.2, 0.25) is 0 Å². The topological polar surface area (TPSA) is 77.1 Å². The highest BCUT2D eigenvalue weighted by Crippen LogP contribution is 2.14. The van der Waals surface area contributed by atoms with Crippen molar-refractivity contribution in [3.8, 4) is 0 Å². The fourth-order valence-electron chi connectivity index (χ4n) is 1.39. The van der Waals surface area contributed by atoms with Gasteiger partial charge in [0.1, 0.15) is 11.2 Å². The molecule has 17 heavy (non-hydrogen) atoms. The Morgan fingerprint density at radius 1 is 1.53 bits per heavy atom. The third-order valence-corrected chi connectivity index (χ3v) is 3.49. The number of imidazole rings is 1. The average Bonchev–Trinajstić information content (AvgIpc) is 2.88. The number of aryl methyl sites for hydroxylation is 1. The van der Waals surface area contributed by atoms with Crippen LogP contribution in [0.4, 0.5) is 5.82 Å². The second-order valence-corrected chi connectivity index (χ2v) is 5.24. The molecule has 2 heterocycles. The fourth-order valence-corrected chi connectivity index (χ4v) is 2.31. The monoisotopic (exact) mass is 255 g/mol. The van der Waals surface area contributed by atoms with Gasteiger partial charge < -0.3 is 8.98 Å². The van der Waals surface area contributed by atoms with Gasteiger partial charge in [-0.2, -0.15) is 0 Å². The van der Waals surface area contributed by atoms with E-state index in [1.807, 2.05) is 11.5 Å². The van der Waals surface area contributed by atoms with Crippen molar-refractivity contribution in [3.05, 3.63) is 31.1 Å². The second kappa shape index (κ2) is 4.62. The fraction of sp³-hybridized carbons (Fsp3) is 0.300. The van der Waals surface area contributed by atoms with Crippen LogP contribution in [0.15, 0.2) is 40.4 Å². The van der Waals surface area contributed by atoms with E-state index in [0.29, 0.717) is 5.82 Å². The number of hydrogen-bond acceptors (Lipinski definition) is 4. The van der Waals surface area contributed by atoms with Crippen molar-refractivity contribution in [1.82, 2.24) is 9.55 Å². The summed E-state index contributed by atoms with van der Waals surface area (Å²) in [5, 5.41) is 0. The van der Waals surface area contributed by atoms with Crippen LogP contribution in [0.25, 0.3) is 0 Å². The SMILES string of the molecule is CCCn1cnc(NS(=O)(=O)c2ccoc2)c1. The van der Waals surface area contributed by atoms with E-state index in [0.717, 1.165) is 13.0 Å². The summed E-state index contributed by atoms with van der Waals surface area (Å²) in [7, 11) is -3.59. The van der Waals surface area contributed by atoms with Crippen LogP contribution >= 0.6 is 0 Å². The summed E-state index contributed by atoms with van der Waals surface area (Å²) in [6, 6.07) is 1.38. The zero-order valence-corrected chi connectivity index (χ0v) is 10.1. The Hall–Kier alpha value is -1.76. The molecule has 0 atom stereocenters. The third kappa shape index (κ3) is 2.68. The van der Waals surface area contributed by atoms with Gasteiger partial charge in [0.25, 0.3) is 10.0 Å². The maximum absolute atomic E-state index is 11.8. The van der Waals surface area contributed by atoms with Crippen molar-refractivity contribution in [3.63, 3.8) is 0 Å². The standard InChI is InChI=1S/C10H13N3O3S/c1-2-4-13-6-10(11-8-13)12-17(14,15)9-3-5-16-7-9/h3,5-8,12H,2,4H2,1H3. The highest BCUT2D eigenvalue weighted by molar-refractivity contribution is 7.92. The van der Waals surface area contributed by atoms with E-state index < -0.39 is 10.0 Å². The second-order valence-electron chi connectivity index (χ2n) is 3.56. The first-order valence-corrected chi connectivity index (χ1v) is 6.67. The molecular weight excluding hydrogens is 242 g/mol. The summed E-state index contributed by atoms with van der Waals surface area (Å²) in [4.78, 5) is 4.06. The van der Waals surface area contributed by atoms with Gasteiger partial charge in [-0.3, -0.25) is 4.72 Å². The van der Waals surface area contributed by atoms with E-state index in [1.54, 1.807) is 12.5 Å². The van der Waals surface area contributed by atoms with Crippen LogP contribution in [-0.4, -0.2) is 18.0 Å². The van der Waals surface area contributed by atoms with E-state index in [1.165, 1.54) is 18.6 Å². The maximum Gasteiger partial charge on any atom is 0.266 e. The molecule has 0 amide bonds. The van der Waals surface area contributed by atoms with Gasteiger partial charge in [0.15, 0.2) is 5.82 Å². The van der Waals surface area contributed by atoms with Crippen LogP contribution in [0.1, 0.15) is 13.3 Å². The lowest BCUT2D eigenvalue weighted by atomic mass is 10.5. The average molecular weight is 255 g/mol. The van der Waals surface area contributed by atoms with E-state index in [9.17, 15) is 8.42 Å². The molecule has 7 heteroatoms. The molecule has 0 aliphatic carbocycles. The molecule has 6 nitrogen and oxygen atoms in total. The summed E-state index contributed by atoms with van der Waals surface area (Å²) in [5.74, 6) is 0.305. The predicted octanol–water partition coefficient (Wildman–Crippen LogP) is 1.69. The molecular formula is C10H13N3O3S. The molecule has 2 aromatic heterocycles.